The molecule has 22 heavy (non-hydrogen) atoms. The molecular formula is C15H20F2N2O3. The van der Waals surface area contributed by atoms with Crippen LogP contribution in [0.5, 0.6) is 5.75 Å². The molecule has 1 saturated heterocycles. The fourth-order valence-electron chi connectivity index (χ4n) is 2.50. The number of rotatable bonds is 6. The monoisotopic (exact) mass is 314 g/mol. The quantitative estimate of drug-likeness (QED) is 0.842. The molecule has 5 nitrogen and oxygen atoms in total. The SMILES string of the molecule is CC(C(=O)Nc1ccc(OC(F)F)cc1)N1CCC(CO)C1. The number of aliphatic hydroxyl groups excluding tert-OH is 1. The van der Waals surface area contributed by atoms with E-state index >= 15 is 0 Å². The Morgan fingerprint density at radius 1 is 1.45 bits per heavy atom. The van der Waals surface area contributed by atoms with Crippen LogP contribution < -0.4 is 10.1 Å². The molecule has 122 valence electrons. The molecule has 0 aromatic heterocycles. The topological polar surface area (TPSA) is 61.8 Å². The number of nitrogens with one attached hydrogen (secondary N) is 1. The summed E-state index contributed by atoms with van der Waals surface area (Å²) >= 11 is 0. The average Bonchev–Trinajstić information content (AvgIpc) is 2.97. The first-order valence-corrected chi connectivity index (χ1v) is 7.20. The Morgan fingerprint density at radius 3 is 2.68 bits per heavy atom. The van der Waals surface area contributed by atoms with Crippen molar-refractivity contribution < 1.29 is 23.4 Å². The van der Waals surface area contributed by atoms with Gasteiger partial charge in [0.1, 0.15) is 5.75 Å². The summed E-state index contributed by atoms with van der Waals surface area (Å²) in [6.07, 6.45) is 0.883. The van der Waals surface area contributed by atoms with Gasteiger partial charge < -0.3 is 15.2 Å². The zero-order valence-electron chi connectivity index (χ0n) is 12.3. The van der Waals surface area contributed by atoms with E-state index < -0.39 is 6.61 Å². The Bertz CT molecular complexity index is 496. The normalized spacial score (nSPS) is 20.1. The van der Waals surface area contributed by atoms with Gasteiger partial charge in [-0.15, -0.1) is 0 Å². The highest BCUT2D eigenvalue weighted by Crippen LogP contribution is 2.20. The Morgan fingerprint density at radius 2 is 2.14 bits per heavy atom. The number of hydrogen-bond acceptors (Lipinski definition) is 4. The maximum absolute atomic E-state index is 12.2. The Hall–Kier alpha value is -1.73. The number of halogens is 2. The number of aliphatic hydroxyl groups is 1. The molecule has 1 aromatic rings. The third-order valence-electron chi connectivity index (χ3n) is 3.85. The van der Waals surface area contributed by atoms with Gasteiger partial charge in [-0.1, -0.05) is 0 Å². The van der Waals surface area contributed by atoms with E-state index in [9.17, 15) is 13.6 Å². The molecule has 1 aliphatic heterocycles. The molecule has 2 N–H and O–H groups in total. The predicted molar refractivity (Wildman–Crippen MR) is 77.9 cm³/mol. The van der Waals surface area contributed by atoms with E-state index in [2.05, 4.69) is 10.1 Å². The standard InChI is InChI=1S/C15H20F2N2O3/c1-10(19-7-6-11(8-19)9-20)14(21)18-12-2-4-13(5-3-12)22-15(16)17/h2-5,10-11,15,20H,6-9H2,1H3,(H,18,21). The van der Waals surface area contributed by atoms with Crippen LogP contribution in [0.3, 0.4) is 0 Å². The first kappa shape index (κ1) is 16.6. The van der Waals surface area contributed by atoms with Gasteiger partial charge in [0.25, 0.3) is 0 Å². The maximum Gasteiger partial charge on any atom is 0.387 e. The van der Waals surface area contributed by atoms with E-state index in [-0.39, 0.29) is 30.2 Å². The van der Waals surface area contributed by atoms with Crippen molar-refractivity contribution in [2.45, 2.75) is 26.0 Å². The number of ether oxygens (including phenoxy) is 1. The minimum atomic E-state index is -2.87. The van der Waals surface area contributed by atoms with Gasteiger partial charge in [0, 0.05) is 18.8 Å². The van der Waals surface area contributed by atoms with Gasteiger partial charge in [-0.2, -0.15) is 8.78 Å². The molecule has 1 amide bonds. The zero-order valence-corrected chi connectivity index (χ0v) is 12.3. The van der Waals surface area contributed by atoms with E-state index in [1.807, 2.05) is 11.8 Å². The average molecular weight is 314 g/mol. The van der Waals surface area contributed by atoms with Gasteiger partial charge in [-0.3, -0.25) is 9.69 Å². The lowest BCUT2D eigenvalue weighted by atomic mass is 10.1. The third kappa shape index (κ3) is 4.38. The first-order chi connectivity index (χ1) is 10.5. The molecule has 0 bridgehead atoms. The Kier molecular flexibility index (Phi) is 5.68. The maximum atomic E-state index is 12.2. The molecule has 2 rings (SSSR count). The van der Waals surface area contributed by atoms with Crippen molar-refractivity contribution in [3.05, 3.63) is 24.3 Å². The van der Waals surface area contributed by atoms with Gasteiger partial charge in [0.2, 0.25) is 5.91 Å². The summed E-state index contributed by atoms with van der Waals surface area (Å²) in [6.45, 7) is 0.558. The minimum Gasteiger partial charge on any atom is -0.435 e. The van der Waals surface area contributed by atoms with Gasteiger partial charge in [-0.25, -0.2) is 0 Å². The van der Waals surface area contributed by atoms with E-state index in [1.165, 1.54) is 24.3 Å². The summed E-state index contributed by atoms with van der Waals surface area (Å²) in [6, 6.07) is 5.48. The smallest absolute Gasteiger partial charge is 0.387 e. The number of nitrogens with zero attached hydrogens (tertiary/aromatic N) is 1. The van der Waals surface area contributed by atoms with Crippen molar-refractivity contribution in [2.75, 3.05) is 25.0 Å². The number of carbonyl (C=O) groups excluding carboxylic acids is 1. The van der Waals surface area contributed by atoms with Crippen molar-refractivity contribution in [1.82, 2.24) is 4.90 Å². The fourth-order valence-corrected chi connectivity index (χ4v) is 2.50. The van der Waals surface area contributed by atoms with Crippen LogP contribution in [0.25, 0.3) is 0 Å². The largest absolute Gasteiger partial charge is 0.435 e. The number of hydrogen-bond donors (Lipinski definition) is 2. The molecule has 2 atom stereocenters. The lowest BCUT2D eigenvalue weighted by Crippen LogP contribution is -2.40. The van der Waals surface area contributed by atoms with Crippen LogP contribution in [0.2, 0.25) is 0 Å². The molecule has 1 aromatic carbocycles. The fraction of sp³-hybridized carbons (Fsp3) is 0.533. The molecule has 0 saturated carbocycles. The summed E-state index contributed by atoms with van der Waals surface area (Å²) in [5, 5.41) is 11.9. The zero-order chi connectivity index (χ0) is 16.1. The van der Waals surface area contributed by atoms with E-state index in [0.29, 0.717) is 12.2 Å². The van der Waals surface area contributed by atoms with Gasteiger partial charge in [0.05, 0.1) is 6.04 Å². The Labute approximate surface area is 127 Å². The summed E-state index contributed by atoms with van der Waals surface area (Å²) in [4.78, 5) is 14.2. The predicted octanol–water partition coefficient (Wildman–Crippen LogP) is 1.93. The number of likely N-dealkylation sites (tertiary alicyclic amines) is 1. The van der Waals surface area contributed by atoms with Crippen molar-refractivity contribution >= 4 is 11.6 Å². The van der Waals surface area contributed by atoms with E-state index in [0.717, 1.165) is 13.0 Å². The molecule has 1 heterocycles. The number of alkyl halides is 2. The summed E-state index contributed by atoms with van der Waals surface area (Å²) in [5.41, 5.74) is 0.524. The van der Waals surface area contributed by atoms with E-state index in [4.69, 9.17) is 5.11 Å². The summed E-state index contributed by atoms with van der Waals surface area (Å²) in [7, 11) is 0. The van der Waals surface area contributed by atoms with Crippen LogP contribution in [0.15, 0.2) is 24.3 Å². The molecular weight excluding hydrogens is 294 g/mol. The first-order valence-electron chi connectivity index (χ1n) is 7.20. The van der Waals surface area contributed by atoms with Crippen molar-refractivity contribution in [1.29, 1.82) is 0 Å². The number of benzene rings is 1. The second-order valence-corrected chi connectivity index (χ2v) is 5.40. The van der Waals surface area contributed by atoms with Crippen LogP contribution in [-0.4, -0.2) is 48.3 Å². The Balaban J connectivity index is 1.88. The highest BCUT2D eigenvalue weighted by atomic mass is 19.3. The molecule has 0 radical (unpaired) electrons. The van der Waals surface area contributed by atoms with Crippen LogP contribution >= 0.6 is 0 Å². The van der Waals surface area contributed by atoms with Gasteiger partial charge in [0.15, 0.2) is 0 Å². The lowest BCUT2D eigenvalue weighted by molar-refractivity contribution is -0.120. The number of carbonyl (C=O) groups is 1. The van der Waals surface area contributed by atoms with Crippen LogP contribution in [0, 0.1) is 5.92 Å². The van der Waals surface area contributed by atoms with Crippen molar-refractivity contribution in [3.8, 4) is 5.75 Å². The molecule has 1 fully saturated rings. The van der Waals surface area contributed by atoms with Crippen LogP contribution in [0.4, 0.5) is 14.5 Å². The molecule has 0 spiro atoms. The minimum absolute atomic E-state index is 0.0476. The van der Waals surface area contributed by atoms with Crippen LogP contribution in [-0.2, 0) is 4.79 Å². The van der Waals surface area contributed by atoms with Crippen molar-refractivity contribution in [2.24, 2.45) is 5.92 Å². The highest BCUT2D eigenvalue weighted by Gasteiger charge is 2.29. The molecule has 7 heteroatoms. The van der Waals surface area contributed by atoms with Crippen LogP contribution in [0.1, 0.15) is 13.3 Å². The van der Waals surface area contributed by atoms with Crippen molar-refractivity contribution in [3.63, 3.8) is 0 Å². The van der Waals surface area contributed by atoms with Gasteiger partial charge in [-0.05, 0) is 50.1 Å². The summed E-state index contributed by atoms with van der Waals surface area (Å²) < 4.78 is 28.4. The molecule has 0 aliphatic carbocycles. The highest BCUT2D eigenvalue weighted by molar-refractivity contribution is 5.94. The second kappa shape index (κ2) is 7.51. The van der Waals surface area contributed by atoms with Gasteiger partial charge >= 0.3 is 6.61 Å². The summed E-state index contributed by atoms with van der Waals surface area (Å²) in [5.74, 6) is 0.105. The lowest BCUT2D eigenvalue weighted by Gasteiger charge is -2.23. The molecule has 1 aliphatic rings. The second-order valence-electron chi connectivity index (χ2n) is 5.40. The van der Waals surface area contributed by atoms with E-state index in [1.54, 1.807) is 0 Å². The number of amides is 1. The number of anilines is 1. The molecule has 2 unspecified atom stereocenters. The third-order valence-corrected chi connectivity index (χ3v) is 3.85.